The first-order valence-electron chi connectivity index (χ1n) is 41.1. The van der Waals surface area contributed by atoms with E-state index in [1.807, 2.05) is 182 Å². The number of carboxylic acid groups (broad SMARTS) is 1. The first kappa shape index (κ1) is 111. The summed E-state index contributed by atoms with van der Waals surface area (Å²) in [7, 11) is 1.98. The van der Waals surface area contributed by atoms with Crippen LogP contribution in [0, 0.1) is 42.0 Å². The molecule has 0 atom stereocenters. The van der Waals surface area contributed by atoms with Gasteiger partial charge in [-0.3, -0.25) is 23.5 Å². The van der Waals surface area contributed by atoms with Crippen LogP contribution in [0.2, 0.25) is 0 Å². The Morgan fingerprint density at radius 2 is 0.760 bits per heavy atom. The minimum Gasteiger partial charge on any atom is -0.657 e. The van der Waals surface area contributed by atoms with E-state index in [0.29, 0.717) is 5.69 Å². The van der Waals surface area contributed by atoms with E-state index < -0.39 is 17.6 Å². The van der Waals surface area contributed by atoms with Gasteiger partial charge in [-0.1, -0.05) is 174 Å². The molecule has 15 aromatic rings. The normalized spacial score (nSPS) is 10.7. The maximum atomic E-state index is 13.2. The first-order valence-corrected chi connectivity index (χ1v) is 41.1. The molecule has 0 saturated heterocycles. The Balaban J connectivity index is 0.000000331. The third-order valence-electron chi connectivity index (χ3n) is 19.6. The Labute approximate surface area is 836 Å². The fourth-order valence-electron chi connectivity index (χ4n) is 14.0. The van der Waals surface area contributed by atoms with Crippen LogP contribution >= 0.6 is 0 Å². The summed E-state index contributed by atoms with van der Waals surface area (Å²) in [4.78, 5) is 65.7. The molecule has 17 rings (SSSR count). The molecular formula is C105H99F2Ir2N12O4OsPtRh2-4. The van der Waals surface area contributed by atoms with Crippen molar-refractivity contribution in [3.05, 3.63) is 391 Å². The number of aromatic carboxylic acids is 1. The molecule has 5 radical (unpaired) electrons. The van der Waals surface area contributed by atoms with Crippen molar-refractivity contribution in [2.45, 2.75) is 121 Å². The molecular weight excluding hydrogens is 2510 g/mol. The Morgan fingerprint density at radius 1 is 0.403 bits per heavy atom. The second-order valence-corrected chi connectivity index (χ2v) is 27.8. The number of carboxylic acids is 1. The fourth-order valence-corrected chi connectivity index (χ4v) is 14.0. The number of aliphatic hydroxyl groups is 1. The van der Waals surface area contributed by atoms with Crippen LogP contribution in [-0.2, 0) is 158 Å². The van der Waals surface area contributed by atoms with Crippen LogP contribution < -0.4 is 9.97 Å². The van der Waals surface area contributed by atoms with Gasteiger partial charge in [-0.2, -0.15) is 0 Å². The van der Waals surface area contributed by atoms with Crippen LogP contribution in [0.5, 0.6) is 0 Å². The van der Waals surface area contributed by atoms with E-state index in [9.17, 15) is 18.4 Å². The van der Waals surface area contributed by atoms with Crippen molar-refractivity contribution in [2.75, 3.05) is 0 Å². The van der Waals surface area contributed by atoms with Gasteiger partial charge in [0.2, 0.25) is 0 Å². The van der Waals surface area contributed by atoms with E-state index in [-0.39, 0.29) is 143 Å². The number of carbonyl (C=O) groups excluding carboxylic acids is 1. The number of rotatable bonds is 16. The van der Waals surface area contributed by atoms with Gasteiger partial charge < -0.3 is 44.3 Å². The van der Waals surface area contributed by atoms with E-state index in [0.717, 1.165) is 159 Å². The van der Waals surface area contributed by atoms with E-state index in [4.69, 9.17) is 30.1 Å². The number of hydrogen-bond acceptors (Lipinski definition) is 11. The number of benzene rings is 6. The van der Waals surface area contributed by atoms with E-state index in [1.54, 1.807) is 55.1 Å². The van der Waals surface area contributed by atoms with Gasteiger partial charge in [0.05, 0.1) is 40.2 Å². The van der Waals surface area contributed by atoms with Crippen molar-refractivity contribution in [3.8, 4) is 62.2 Å². The quantitative estimate of drug-likeness (QED) is 0.0398. The van der Waals surface area contributed by atoms with Crippen LogP contribution in [0.25, 0.3) is 107 Å². The summed E-state index contributed by atoms with van der Waals surface area (Å²) in [6.07, 6.45) is 22.8. The van der Waals surface area contributed by atoms with Gasteiger partial charge in [-0.05, 0) is 147 Å². The summed E-state index contributed by atoms with van der Waals surface area (Å²) in [6.45, 7) is 20.8. The van der Waals surface area contributed by atoms with Gasteiger partial charge in [-0.25, -0.2) is 19.7 Å². The summed E-state index contributed by atoms with van der Waals surface area (Å²) in [5, 5.41) is 16.7. The summed E-state index contributed by atoms with van der Waals surface area (Å²) in [5.41, 5.74) is 27.0. The average molecular weight is 2610 g/mol. The van der Waals surface area contributed by atoms with Crippen LogP contribution in [0.1, 0.15) is 150 Å². The zero-order valence-corrected chi connectivity index (χ0v) is 86.1. The van der Waals surface area contributed by atoms with Crippen LogP contribution in [-0.4, -0.2) is 71.0 Å². The molecule has 0 unspecified atom stereocenters. The van der Waals surface area contributed by atoms with Crippen molar-refractivity contribution >= 4 is 56.1 Å². The summed E-state index contributed by atoms with van der Waals surface area (Å²) in [6, 6.07) is 89.1. The van der Waals surface area contributed by atoms with Gasteiger partial charge >= 0.3 is 46.8 Å². The molecule has 0 amide bonds. The molecule has 6 aromatic carbocycles. The average Bonchev–Trinajstić information content (AvgIpc) is 1.61. The number of fused-ring (bicyclic) bond motifs is 8. The van der Waals surface area contributed by atoms with Crippen molar-refractivity contribution < 1.29 is 149 Å². The summed E-state index contributed by atoms with van der Waals surface area (Å²) >= 11 is 0. The zero-order chi connectivity index (χ0) is 87.4. The van der Waals surface area contributed by atoms with Gasteiger partial charge in [0, 0.05) is 159 Å². The van der Waals surface area contributed by atoms with Crippen LogP contribution in [0.3, 0.4) is 0 Å². The third kappa shape index (κ3) is 31.6. The topological polar surface area (TPSA) is 216 Å². The second-order valence-electron chi connectivity index (χ2n) is 27.8. The fraction of sp³-hybridized carbons (Fsp3) is 0.181. The van der Waals surface area contributed by atoms with Crippen molar-refractivity contribution in [1.82, 2.24) is 59.0 Å². The molecule has 0 fully saturated rings. The Kier molecular flexibility index (Phi) is 49.9. The number of para-hydroxylation sites is 1. The molecule has 675 valence electrons. The predicted octanol–water partition coefficient (Wildman–Crippen LogP) is 24.2. The van der Waals surface area contributed by atoms with Crippen molar-refractivity contribution in [3.63, 3.8) is 0 Å². The maximum Gasteiger partial charge on any atom is 2.00 e. The first-order chi connectivity index (χ1) is 59.9. The van der Waals surface area contributed by atoms with Crippen molar-refractivity contribution in [1.29, 1.82) is 0 Å². The number of aromatic nitrogens is 12. The minimum absolute atomic E-state index is 0. The molecule has 24 heteroatoms. The molecule has 11 heterocycles. The Morgan fingerprint density at radius 3 is 1.06 bits per heavy atom. The molecule has 2 N–H and O–H groups in total. The summed E-state index contributed by atoms with van der Waals surface area (Å²) in [5.74, 6) is -0.471. The number of carbonyl (C=O) groups is 2. The van der Waals surface area contributed by atoms with Gasteiger partial charge in [0.1, 0.15) is 5.69 Å². The molecule has 16 nitrogen and oxygen atoms in total. The minimum atomic E-state index is -0.990. The van der Waals surface area contributed by atoms with Gasteiger partial charge in [-0.15, -0.1) is 178 Å². The standard InChI is InChI=1S/C36H44N4.C15H11N2.C11H6F2N.2C11H8N.C10H9N2.C6H5NO2.C5H8O2.2Ir.Os.Pt.2Rh/c1-9-21-22(10-2)30-18-32-25(13-5)26(14-6)34(39-32)20-36-28(16-8)27(15-7)35(40-36)19-33-24(12-4)23(11-3)31(38-33)17-29(21)37-30;1-3-7-13(8-4-1)15-16-11-12-17(15)14-9-5-2-6-10-14;12-8-4-5-9(10(13)7-8)11-3-1-2-6-14-11;2*1-2-6-10(7-3-1)11-8-4-5-9-12-11;1-12-8-7-11-10(12)9-5-3-2-4-6-9;8-6(9)5-3-1-2-4-7-5;1-4(6)3-5(2)7;;;;;;/h17-20H,9-16H2,1-8H3;1-7,9-12H;1-4,6-7H;2*1-6,8-9H;2-5,7-8H,1H3;1-4H,(H,8,9);3,6H,1-2H3;;;;;;/q-2;5*-1;;;;;+1;+2;;. The number of allylic oxidation sites excluding steroid dienone is 6. The Bertz CT molecular complexity index is 5740. The molecule has 8 bridgehead atoms. The van der Waals surface area contributed by atoms with E-state index in [2.05, 4.69) is 157 Å². The number of aliphatic hydroxyl groups excluding tert-OH is 1. The number of halogens is 2. The molecule has 0 saturated carbocycles. The summed E-state index contributed by atoms with van der Waals surface area (Å²) < 4.78 is 29.8. The monoisotopic (exact) mass is 2610 g/mol. The molecule has 0 aliphatic carbocycles. The molecule has 9 aromatic heterocycles. The number of ketones is 1. The molecule has 2 aliphatic heterocycles. The SMILES string of the molecule is CC(=O)C=C(C)O.CCC1=C(CC)c2cc3[n-]c(cc4nc(cc5[n-]c(cc1n2)c(CC)c5CC)C(CC)=C4CC)c(CC)c3CC.Cn1ccnc1-c1[c-]cccc1.Fc1c[c-]c(-c2ccccn2)c(F)c1.O=C(O)c1ccccn1.[Ir].[Ir].[Os+].[Pt+2].[Rh].[Rh].[c-]1ccccc1-c1ccccn1.[c-]1ccccc1-c1ccccn1.[c-]1ccccc1-c1nccn1-c1ccccc1. The van der Waals surface area contributed by atoms with E-state index in [1.165, 1.54) is 76.7 Å². The molecule has 129 heavy (non-hydrogen) atoms. The second kappa shape index (κ2) is 58.1. The van der Waals surface area contributed by atoms with Crippen LogP contribution in [0.4, 0.5) is 8.78 Å². The van der Waals surface area contributed by atoms with Crippen LogP contribution in [0.15, 0.2) is 298 Å². The number of hydrogen-bond donors (Lipinski definition) is 2. The van der Waals surface area contributed by atoms with Gasteiger partial charge in [0.25, 0.3) is 0 Å². The molecule has 0 spiro atoms. The maximum absolute atomic E-state index is 13.2. The third-order valence-corrected chi connectivity index (χ3v) is 19.6. The number of nitrogens with zero attached hydrogens (tertiary/aromatic N) is 12. The largest absolute Gasteiger partial charge is 2.00 e. The smallest absolute Gasteiger partial charge is 0.657 e. The number of pyridine rings is 4. The zero-order valence-electron chi connectivity index (χ0n) is 73.2. The number of imidazole rings is 2. The predicted molar refractivity (Wildman–Crippen MR) is 490 cm³/mol. The number of aryl methyl sites for hydroxylation is 5. The van der Waals surface area contributed by atoms with E-state index >= 15 is 0 Å². The van der Waals surface area contributed by atoms with Gasteiger partial charge in [0.15, 0.2) is 5.78 Å². The Hall–Kier alpha value is -10.6. The van der Waals surface area contributed by atoms with Crippen molar-refractivity contribution in [2.24, 2.45) is 7.05 Å². The molecule has 2 aliphatic rings.